The summed E-state index contributed by atoms with van der Waals surface area (Å²) in [6.45, 7) is 5.66. The molecule has 6 nitrogen and oxygen atoms in total. The molecule has 21 heavy (non-hydrogen) atoms. The Hall–Kier alpha value is -1.69. The second-order valence-corrected chi connectivity index (χ2v) is 5.64. The molecule has 0 aliphatic carbocycles. The summed E-state index contributed by atoms with van der Waals surface area (Å²) in [5.74, 6) is 0.784. The normalized spacial score (nSPS) is 21.9. The quantitative estimate of drug-likeness (QED) is 0.867. The van der Waals surface area contributed by atoms with Gasteiger partial charge in [-0.05, 0) is 32.7 Å². The lowest BCUT2D eigenvalue weighted by atomic mass is 9.76. The van der Waals surface area contributed by atoms with Gasteiger partial charge in [-0.25, -0.2) is 4.98 Å². The van der Waals surface area contributed by atoms with Crippen molar-refractivity contribution < 1.29 is 9.53 Å². The molecule has 1 saturated heterocycles. The first-order valence-corrected chi connectivity index (χ1v) is 7.51. The number of carbonyl (C=O) groups excluding carboxylic acids is 1. The number of carbonyl (C=O) groups is 1. The maximum absolute atomic E-state index is 12.7. The molecule has 0 radical (unpaired) electrons. The lowest BCUT2D eigenvalue weighted by Gasteiger charge is -2.35. The van der Waals surface area contributed by atoms with Crippen molar-refractivity contribution in [3.8, 4) is 5.88 Å². The number of aromatic nitrogens is 2. The van der Waals surface area contributed by atoms with Crippen LogP contribution in [-0.2, 0) is 4.79 Å². The fraction of sp³-hybridized carbons (Fsp3) is 0.667. The Balaban J connectivity index is 2.16. The van der Waals surface area contributed by atoms with Gasteiger partial charge in [-0.3, -0.25) is 10.1 Å². The van der Waals surface area contributed by atoms with Gasteiger partial charge in [0, 0.05) is 18.3 Å². The number of amides is 1. The first-order valence-electron chi connectivity index (χ1n) is 7.51. The van der Waals surface area contributed by atoms with Gasteiger partial charge < -0.3 is 10.1 Å². The van der Waals surface area contributed by atoms with E-state index in [4.69, 9.17) is 4.74 Å². The molecule has 1 aromatic rings. The Labute approximate surface area is 125 Å². The first-order chi connectivity index (χ1) is 10.1. The van der Waals surface area contributed by atoms with E-state index in [-0.39, 0.29) is 11.3 Å². The maximum atomic E-state index is 12.7. The van der Waals surface area contributed by atoms with E-state index in [1.807, 2.05) is 6.92 Å². The number of methoxy groups -OCH3 is 1. The molecule has 1 aliphatic heterocycles. The lowest BCUT2D eigenvalue weighted by Crippen LogP contribution is -2.48. The Kier molecular flexibility index (Phi) is 5.12. The van der Waals surface area contributed by atoms with Crippen LogP contribution in [0, 0.1) is 12.3 Å². The third-order valence-electron chi connectivity index (χ3n) is 3.95. The number of aryl methyl sites for hydroxylation is 1. The number of hydrogen-bond acceptors (Lipinski definition) is 5. The van der Waals surface area contributed by atoms with Crippen molar-refractivity contribution in [3.63, 3.8) is 0 Å². The van der Waals surface area contributed by atoms with Crippen molar-refractivity contribution in [2.45, 2.75) is 39.5 Å². The van der Waals surface area contributed by atoms with E-state index in [1.165, 1.54) is 0 Å². The molecule has 2 rings (SSSR count). The zero-order valence-electron chi connectivity index (χ0n) is 13.0. The molecule has 1 aromatic heterocycles. The number of piperidine rings is 1. The molecule has 116 valence electrons. The van der Waals surface area contributed by atoms with Crippen molar-refractivity contribution in [2.75, 3.05) is 25.5 Å². The highest BCUT2D eigenvalue weighted by Crippen LogP contribution is 2.32. The number of hydrogen-bond donors (Lipinski definition) is 2. The minimum atomic E-state index is -0.354. The van der Waals surface area contributed by atoms with Crippen LogP contribution in [0.15, 0.2) is 6.07 Å². The summed E-state index contributed by atoms with van der Waals surface area (Å²) < 4.78 is 5.12. The largest absolute Gasteiger partial charge is 0.481 e. The zero-order valence-corrected chi connectivity index (χ0v) is 13.0. The minimum Gasteiger partial charge on any atom is -0.481 e. The fourth-order valence-corrected chi connectivity index (χ4v) is 2.90. The molecule has 1 unspecified atom stereocenters. The summed E-state index contributed by atoms with van der Waals surface area (Å²) in [5, 5.41) is 6.21. The second-order valence-electron chi connectivity index (χ2n) is 5.64. The second kappa shape index (κ2) is 6.85. The van der Waals surface area contributed by atoms with Crippen LogP contribution >= 0.6 is 0 Å². The monoisotopic (exact) mass is 292 g/mol. The molecular formula is C15H24N4O2. The standard InChI is InChI=1S/C15H24N4O2/c1-4-6-15(7-5-8-16-10-15)13(20)19-14-17-11(2)9-12(18-14)21-3/h9,16H,4-8,10H2,1-3H3,(H,17,18,19,20). The third kappa shape index (κ3) is 3.69. The summed E-state index contributed by atoms with van der Waals surface area (Å²) >= 11 is 0. The number of nitrogens with one attached hydrogen (secondary N) is 2. The van der Waals surface area contributed by atoms with Gasteiger partial charge in [0.2, 0.25) is 17.7 Å². The third-order valence-corrected chi connectivity index (χ3v) is 3.95. The fourth-order valence-electron chi connectivity index (χ4n) is 2.90. The molecule has 1 amide bonds. The van der Waals surface area contributed by atoms with E-state index in [9.17, 15) is 4.79 Å². The highest BCUT2D eigenvalue weighted by atomic mass is 16.5. The molecule has 0 saturated carbocycles. The SMILES string of the molecule is CCCC1(C(=O)Nc2nc(C)cc(OC)n2)CCCNC1. The van der Waals surface area contributed by atoms with E-state index < -0.39 is 0 Å². The van der Waals surface area contributed by atoms with Crippen molar-refractivity contribution in [1.29, 1.82) is 0 Å². The summed E-state index contributed by atoms with van der Waals surface area (Å²) in [6, 6.07) is 1.74. The van der Waals surface area contributed by atoms with Crippen LogP contribution in [0.5, 0.6) is 5.88 Å². The van der Waals surface area contributed by atoms with Gasteiger partial charge in [0.05, 0.1) is 12.5 Å². The zero-order chi connectivity index (χ0) is 15.3. The molecule has 1 aliphatic rings. The Morgan fingerprint density at radius 1 is 1.52 bits per heavy atom. The summed E-state index contributed by atoms with van der Waals surface area (Å²) in [7, 11) is 1.55. The van der Waals surface area contributed by atoms with E-state index >= 15 is 0 Å². The predicted octanol–water partition coefficient (Wildman–Crippen LogP) is 1.90. The van der Waals surface area contributed by atoms with Gasteiger partial charge in [-0.15, -0.1) is 0 Å². The molecule has 2 heterocycles. The van der Waals surface area contributed by atoms with Gasteiger partial charge in [-0.2, -0.15) is 4.98 Å². The van der Waals surface area contributed by atoms with E-state index in [0.29, 0.717) is 11.8 Å². The smallest absolute Gasteiger partial charge is 0.234 e. The first kappa shape index (κ1) is 15.7. The van der Waals surface area contributed by atoms with E-state index in [0.717, 1.165) is 44.5 Å². The van der Waals surface area contributed by atoms with Crippen LogP contribution in [0.3, 0.4) is 0 Å². The summed E-state index contributed by atoms with van der Waals surface area (Å²) in [6.07, 6.45) is 3.77. The van der Waals surface area contributed by atoms with E-state index in [2.05, 4.69) is 27.5 Å². The van der Waals surface area contributed by atoms with Gasteiger partial charge in [0.1, 0.15) is 0 Å². The van der Waals surface area contributed by atoms with Gasteiger partial charge >= 0.3 is 0 Å². The highest BCUT2D eigenvalue weighted by Gasteiger charge is 2.39. The predicted molar refractivity (Wildman–Crippen MR) is 81.4 cm³/mol. The molecule has 2 N–H and O–H groups in total. The van der Waals surface area contributed by atoms with Gasteiger partial charge in [0.25, 0.3) is 0 Å². The molecule has 1 fully saturated rings. The summed E-state index contributed by atoms with van der Waals surface area (Å²) in [4.78, 5) is 21.2. The molecule has 6 heteroatoms. The van der Waals surface area contributed by atoms with Crippen LogP contribution < -0.4 is 15.4 Å². The molecular weight excluding hydrogens is 268 g/mol. The maximum Gasteiger partial charge on any atom is 0.234 e. The van der Waals surface area contributed by atoms with Crippen molar-refractivity contribution in [2.24, 2.45) is 5.41 Å². The number of ether oxygens (including phenoxy) is 1. The number of rotatable bonds is 5. The van der Waals surface area contributed by atoms with Crippen molar-refractivity contribution in [1.82, 2.24) is 15.3 Å². The summed E-state index contributed by atoms with van der Waals surface area (Å²) in [5.41, 5.74) is 0.413. The van der Waals surface area contributed by atoms with Crippen LogP contribution in [0.1, 0.15) is 38.3 Å². The minimum absolute atomic E-state index is 0.00389. The van der Waals surface area contributed by atoms with Gasteiger partial charge in [-0.1, -0.05) is 13.3 Å². The molecule has 0 bridgehead atoms. The van der Waals surface area contributed by atoms with Crippen LogP contribution in [0.4, 0.5) is 5.95 Å². The van der Waals surface area contributed by atoms with Crippen LogP contribution in [0.25, 0.3) is 0 Å². The van der Waals surface area contributed by atoms with Crippen LogP contribution in [-0.4, -0.2) is 36.1 Å². The average Bonchev–Trinajstić information content (AvgIpc) is 2.47. The molecule has 0 spiro atoms. The molecule has 0 aromatic carbocycles. The highest BCUT2D eigenvalue weighted by molar-refractivity contribution is 5.94. The number of anilines is 1. The average molecular weight is 292 g/mol. The van der Waals surface area contributed by atoms with Crippen molar-refractivity contribution >= 4 is 11.9 Å². The van der Waals surface area contributed by atoms with Gasteiger partial charge in [0.15, 0.2) is 0 Å². The molecule has 1 atom stereocenters. The lowest BCUT2D eigenvalue weighted by molar-refractivity contribution is -0.127. The Bertz CT molecular complexity index is 493. The van der Waals surface area contributed by atoms with Crippen LogP contribution in [0.2, 0.25) is 0 Å². The Morgan fingerprint density at radius 3 is 2.95 bits per heavy atom. The van der Waals surface area contributed by atoms with E-state index in [1.54, 1.807) is 13.2 Å². The van der Waals surface area contributed by atoms with Crippen molar-refractivity contribution in [3.05, 3.63) is 11.8 Å². The Morgan fingerprint density at radius 2 is 2.33 bits per heavy atom. The topological polar surface area (TPSA) is 76.1 Å². The number of nitrogens with zero attached hydrogens (tertiary/aromatic N) is 2.